The first kappa shape index (κ1) is 14.8. The van der Waals surface area contributed by atoms with Gasteiger partial charge in [-0.3, -0.25) is 0 Å². The molecule has 3 rings (SSSR count). The molecule has 0 unspecified atom stereocenters. The normalized spacial score (nSPS) is 10.3. The van der Waals surface area contributed by atoms with E-state index in [-0.39, 0.29) is 23.0 Å². The fourth-order valence-corrected chi connectivity index (χ4v) is 2.08. The number of hydrogen-bond donors (Lipinski definition) is 2. The summed E-state index contributed by atoms with van der Waals surface area (Å²) in [5, 5.41) is 3.13. The van der Waals surface area contributed by atoms with Crippen LogP contribution in [0.2, 0.25) is 10.6 Å². The Hall–Kier alpha value is -1.63. The van der Waals surface area contributed by atoms with Gasteiger partial charge in [-0.05, 0) is 35.3 Å². The van der Waals surface area contributed by atoms with Crippen molar-refractivity contribution >= 4 is 40.2 Å². The molecule has 1 aromatic carbocycles. The third-order valence-corrected chi connectivity index (χ3v) is 2.84. The molecule has 3 aromatic rings. The van der Waals surface area contributed by atoms with E-state index in [1.165, 1.54) is 0 Å². The van der Waals surface area contributed by atoms with E-state index in [4.69, 9.17) is 23.2 Å². The first-order chi connectivity index (χ1) is 9.20. The first-order valence-corrected chi connectivity index (χ1v) is 6.26. The van der Waals surface area contributed by atoms with Crippen molar-refractivity contribution in [3.8, 4) is 0 Å². The van der Waals surface area contributed by atoms with E-state index in [2.05, 4.69) is 30.2 Å². The molecule has 9 heteroatoms. The largest absolute Gasteiger partial charge is 1.00 e. The Kier molecular flexibility index (Phi) is 4.59. The molecule has 0 aliphatic heterocycles. The molecule has 0 radical (unpaired) electrons. The number of nitrogens with zero attached hydrogens (tertiary/aromatic N) is 3. The van der Waals surface area contributed by atoms with E-state index in [9.17, 15) is 0 Å². The molecule has 0 fully saturated rings. The second-order valence-corrected chi connectivity index (χ2v) is 4.50. The lowest BCUT2D eigenvalue weighted by Crippen LogP contribution is -3.00. The maximum atomic E-state index is 5.69. The third-order valence-electron chi connectivity index (χ3n) is 2.50. The van der Waals surface area contributed by atoms with Gasteiger partial charge in [-0.2, -0.15) is 15.0 Å². The van der Waals surface area contributed by atoms with E-state index in [1.54, 1.807) is 0 Å². The maximum Gasteiger partial charge on any atom is 0.272 e. The number of imidazole rings is 1. The summed E-state index contributed by atoms with van der Waals surface area (Å²) >= 11 is 11.4. The lowest BCUT2D eigenvalue weighted by Gasteiger charge is -2.00. The summed E-state index contributed by atoms with van der Waals surface area (Å²) in [4.78, 5) is 18.0. The van der Waals surface area contributed by atoms with Crippen LogP contribution in [0.5, 0.6) is 0 Å². The Balaban J connectivity index is 0.00000147. The van der Waals surface area contributed by atoms with Gasteiger partial charge in [0.25, 0.3) is 5.82 Å². The minimum atomic E-state index is 0. The monoisotopic (exact) mass is 330 g/mol. The number of halogens is 3. The Bertz CT molecular complexity index is 676. The van der Waals surface area contributed by atoms with Crippen LogP contribution in [0.1, 0.15) is 5.82 Å². The van der Waals surface area contributed by atoms with Crippen LogP contribution in [0.4, 0.5) is 5.95 Å². The number of H-pyrrole nitrogens is 2. The number of benzene rings is 1. The van der Waals surface area contributed by atoms with Crippen LogP contribution in [0, 0.1) is 0 Å². The molecule has 0 saturated heterocycles. The van der Waals surface area contributed by atoms with Crippen LogP contribution in [-0.4, -0.2) is 19.9 Å². The number of aromatic amines is 2. The van der Waals surface area contributed by atoms with Crippen LogP contribution in [0.25, 0.3) is 11.0 Å². The molecule has 0 amide bonds. The molecule has 104 valence electrons. The van der Waals surface area contributed by atoms with Crippen LogP contribution in [0.3, 0.4) is 0 Å². The summed E-state index contributed by atoms with van der Waals surface area (Å²) in [5.74, 6) is 1.23. The number of aromatic nitrogens is 5. The highest BCUT2D eigenvalue weighted by atomic mass is 35.5. The zero-order valence-electron chi connectivity index (χ0n) is 9.99. The van der Waals surface area contributed by atoms with Crippen molar-refractivity contribution in [2.75, 3.05) is 5.32 Å². The number of para-hydroxylation sites is 2. The number of hydrogen-bond acceptors (Lipinski definition) is 4. The predicted molar refractivity (Wildman–Crippen MR) is 72.0 cm³/mol. The van der Waals surface area contributed by atoms with Crippen molar-refractivity contribution < 1.29 is 17.4 Å². The summed E-state index contributed by atoms with van der Waals surface area (Å²) < 4.78 is 0. The van der Waals surface area contributed by atoms with Crippen LogP contribution < -0.4 is 22.7 Å². The highest BCUT2D eigenvalue weighted by Crippen LogP contribution is 2.11. The minimum Gasteiger partial charge on any atom is -1.00 e. The summed E-state index contributed by atoms with van der Waals surface area (Å²) in [5.41, 5.74) is 2.07. The van der Waals surface area contributed by atoms with Crippen molar-refractivity contribution in [2.24, 2.45) is 0 Å². The second-order valence-electron chi connectivity index (χ2n) is 3.82. The highest BCUT2D eigenvalue weighted by molar-refractivity contribution is 6.31. The van der Waals surface area contributed by atoms with E-state index in [1.807, 2.05) is 24.3 Å². The summed E-state index contributed by atoms with van der Waals surface area (Å²) in [6, 6.07) is 7.92. The number of rotatable bonds is 3. The van der Waals surface area contributed by atoms with Crippen LogP contribution in [0.15, 0.2) is 24.3 Å². The number of fused-ring (bicyclic) bond motifs is 1. The van der Waals surface area contributed by atoms with Gasteiger partial charge in [0.2, 0.25) is 16.5 Å². The molecule has 0 saturated carbocycles. The molecule has 3 N–H and O–H groups in total. The van der Waals surface area contributed by atoms with Crippen molar-refractivity contribution in [3.05, 3.63) is 40.7 Å². The first-order valence-electron chi connectivity index (χ1n) is 5.50. The van der Waals surface area contributed by atoms with Crippen molar-refractivity contribution in [3.63, 3.8) is 0 Å². The minimum absolute atomic E-state index is 0. The number of nitrogens with one attached hydrogen (secondary N) is 3. The summed E-state index contributed by atoms with van der Waals surface area (Å²) in [6.45, 7) is 0.491. The van der Waals surface area contributed by atoms with Crippen molar-refractivity contribution in [2.45, 2.75) is 6.54 Å². The molecular formula is C11H9Cl3N6. The van der Waals surface area contributed by atoms with Crippen LogP contribution in [-0.2, 0) is 6.54 Å². The standard InChI is InChI=1S/C11H8Cl2N6.ClH/c12-9-17-10(13)19-11(18-9)14-5-8-15-6-3-1-2-4-7(6)16-8;/h1-4H,5H2,(H,15,16)(H,14,17,18,19);1H. The predicted octanol–water partition coefficient (Wildman–Crippen LogP) is -0.910. The quantitative estimate of drug-likeness (QED) is 0.651. The van der Waals surface area contributed by atoms with Gasteiger partial charge in [-0.15, -0.1) is 0 Å². The van der Waals surface area contributed by atoms with Crippen molar-refractivity contribution in [1.82, 2.24) is 19.9 Å². The molecule has 0 bridgehead atoms. The molecule has 0 spiro atoms. The van der Waals surface area contributed by atoms with Gasteiger partial charge in [0, 0.05) is 0 Å². The van der Waals surface area contributed by atoms with Gasteiger partial charge in [0.15, 0.2) is 11.0 Å². The molecule has 2 heterocycles. The third kappa shape index (κ3) is 3.27. The topological polar surface area (TPSA) is 80.6 Å². The van der Waals surface area contributed by atoms with Gasteiger partial charge < -0.3 is 17.7 Å². The Morgan fingerprint density at radius 1 is 1.10 bits per heavy atom. The van der Waals surface area contributed by atoms with E-state index in [0.717, 1.165) is 16.9 Å². The fraction of sp³-hybridized carbons (Fsp3) is 0.0909. The van der Waals surface area contributed by atoms with E-state index >= 15 is 0 Å². The average Bonchev–Trinajstić information content (AvgIpc) is 2.78. The van der Waals surface area contributed by atoms with E-state index in [0.29, 0.717) is 12.5 Å². The fourth-order valence-electron chi connectivity index (χ4n) is 1.72. The van der Waals surface area contributed by atoms with Gasteiger partial charge >= 0.3 is 0 Å². The van der Waals surface area contributed by atoms with Gasteiger partial charge in [-0.1, -0.05) is 12.1 Å². The lowest BCUT2D eigenvalue weighted by atomic mass is 10.3. The molecule has 0 aliphatic carbocycles. The lowest BCUT2D eigenvalue weighted by molar-refractivity contribution is -0.357. The molecule has 0 aliphatic rings. The zero-order valence-corrected chi connectivity index (χ0v) is 12.3. The highest BCUT2D eigenvalue weighted by Gasteiger charge is 2.10. The molecule has 0 atom stereocenters. The smallest absolute Gasteiger partial charge is 0.272 e. The van der Waals surface area contributed by atoms with Gasteiger partial charge in [0.1, 0.15) is 6.54 Å². The SMILES string of the molecule is Clc1nc(Cl)nc(NCc2[nH]c3ccccc3[nH+]2)n1.[Cl-]. The Morgan fingerprint density at radius 3 is 2.50 bits per heavy atom. The summed E-state index contributed by atoms with van der Waals surface area (Å²) in [6.07, 6.45) is 0. The average molecular weight is 332 g/mol. The zero-order chi connectivity index (χ0) is 13.2. The van der Waals surface area contributed by atoms with Gasteiger partial charge in [-0.25, -0.2) is 9.97 Å². The second kappa shape index (κ2) is 6.21. The molecule has 6 nitrogen and oxygen atoms in total. The van der Waals surface area contributed by atoms with Gasteiger partial charge in [0.05, 0.1) is 0 Å². The van der Waals surface area contributed by atoms with Crippen molar-refractivity contribution in [1.29, 1.82) is 0 Å². The molecule has 2 aromatic heterocycles. The number of anilines is 1. The Morgan fingerprint density at radius 2 is 1.80 bits per heavy atom. The molecule has 20 heavy (non-hydrogen) atoms. The Labute approximate surface area is 130 Å². The summed E-state index contributed by atoms with van der Waals surface area (Å²) in [7, 11) is 0. The molecular weight excluding hydrogens is 323 g/mol. The van der Waals surface area contributed by atoms with E-state index < -0.39 is 0 Å². The van der Waals surface area contributed by atoms with Crippen LogP contribution >= 0.6 is 23.2 Å². The maximum absolute atomic E-state index is 5.69.